The van der Waals surface area contributed by atoms with Crippen LogP contribution in [0, 0.1) is 0 Å². The van der Waals surface area contributed by atoms with Gasteiger partial charge in [0, 0.05) is 36.7 Å². The predicted molar refractivity (Wildman–Crippen MR) is 118 cm³/mol. The Kier molecular flexibility index (Phi) is 6.21. The summed E-state index contributed by atoms with van der Waals surface area (Å²) in [6, 6.07) is 18.0. The van der Waals surface area contributed by atoms with Crippen LogP contribution in [0.5, 0.6) is 0 Å². The van der Waals surface area contributed by atoms with Crippen molar-refractivity contribution in [2.45, 2.75) is 39.2 Å². The van der Waals surface area contributed by atoms with E-state index in [-0.39, 0.29) is 12.3 Å². The van der Waals surface area contributed by atoms with Gasteiger partial charge in [-0.05, 0) is 23.6 Å². The van der Waals surface area contributed by atoms with Crippen molar-refractivity contribution >= 4 is 5.91 Å². The molecule has 0 unspecified atom stereocenters. The van der Waals surface area contributed by atoms with Gasteiger partial charge in [-0.3, -0.25) is 4.79 Å². The zero-order valence-electron chi connectivity index (χ0n) is 17.7. The van der Waals surface area contributed by atoms with Gasteiger partial charge < -0.3 is 9.84 Å². The lowest BCUT2D eigenvalue weighted by atomic mass is 10.0. The number of aromatic nitrogens is 4. The largest absolute Gasteiger partial charge is 0.352 e. The van der Waals surface area contributed by atoms with E-state index in [1.54, 1.807) is 10.9 Å². The van der Waals surface area contributed by atoms with Crippen LogP contribution in [-0.4, -0.2) is 25.8 Å². The number of carbonyl (C=O) groups excluding carboxylic acids is 1. The van der Waals surface area contributed by atoms with E-state index in [4.69, 9.17) is 4.52 Å². The summed E-state index contributed by atoms with van der Waals surface area (Å²) >= 11 is 0. The molecule has 0 radical (unpaired) electrons. The van der Waals surface area contributed by atoms with Crippen molar-refractivity contribution in [3.63, 3.8) is 0 Å². The van der Waals surface area contributed by atoms with Gasteiger partial charge in [-0.15, -0.1) is 0 Å². The van der Waals surface area contributed by atoms with E-state index in [9.17, 15) is 4.79 Å². The van der Waals surface area contributed by atoms with Crippen molar-refractivity contribution in [2.75, 3.05) is 0 Å². The highest BCUT2D eigenvalue weighted by molar-refractivity contribution is 5.76. The molecule has 1 amide bonds. The number of aryl methyl sites for hydroxylation is 1. The van der Waals surface area contributed by atoms with Gasteiger partial charge in [0.25, 0.3) is 0 Å². The average molecular weight is 415 g/mol. The Morgan fingerprint density at radius 2 is 1.87 bits per heavy atom. The summed E-state index contributed by atoms with van der Waals surface area (Å²) in [6.45, 7) is 4.73. The molecule has 0 aliphatic carbocycles. The van der Waals surface area contributed by atoms with Crippen LogP contribution in [0.3, 0.4) is 0 Å². The maximum atomic E-state index is 12.2. The summed E-state index contributed by atoms with van der Waals surface area (Å²) < 4.78 is 7.09. The zero-order valence-corrected chi connectivity index (χ0v) is 17.7. The molecule has 4 aromatic rings. The van der Waals surface area contributed by atoms with Gasteiger partial charge in [-0.25, -0.2) is 4.68 Å². The fourth-order valence-electron chi connectivity index (χ4n) is 3.17. The standard InChI is InChI=1S/C24H25N5O2/c1-17(2)19-8-10-20(11-9-19)24-27-23(31-28-24)13-12-22(30)25-14-18-15-26-29(16-18)21-6-4-3-5-7-21/h3-11,15-17H,12-14H2,1-2H3,(H,25,30). The van der Waals surface area contributed by atoms with Crippen LogP contribution in [0.4, 0.5) is 0 Å². The first kappa shape index (κ1) is 20.5. The topological polar surface area (TPSA) is 85.8 Å². The fraction of sp³-hybridized carbons (Fsp3) is 0.250. The number of hydrogen-bond donors (Lipinski definition) is 1. The van der Waals surface area contributed by atoms with Gasteiger partial charge in [0.05, 0.1) is 11.9 Å². The normalized spacial score (nSPS) is 11.1. The van der Waals surface area contributed by atoms with Crippen molar-refractivity contribution in [3.8, 4) is 17.1 Å². The maximum absolute atomic E-state index is 12.2. The molecule has 1 N–H and O–H groups in total. The highest BCUT2D eigenvalue weighted by atomic mass is 16.5. The summed E-state index contributed by atoms with van der Waals surface area (Å²) in [7, 11) is 0. The van der Waals surface area contributed by atoms with Crippen molar-refractivity contribution < 1.29 is 9.32 Å². The van der Waals surface area contributed by atoms with Crippen molar-refractivity contribution in [1.29, 1.82) is 0 Å². The molecule has 0 spiro atoms. The van der Waals surface area contributed by atoms with E-state index in [1.165, 1.54) is 5.56 Å². The second kappa shape index (κ2) is 9.38. The Hall–Kier alpha value is -3.74. The number of para-hydroxylation sites is 1. The molecule has 0 fully saturated rings. The monoisotopic (exact) mass is 415 g/mol. The number of benzene rings is 2. The molecular weight excluding hydrogens is 390 g/mol. The zero-order chi connectivity index (χ0) is 21.6. The number of hydrogen-bond acceptors (Lipinski definition) is 5. The molecule has 0 saturated heterocycles. The van der Waals surface area contributed by atoms with E-state index in [0.29, 0.717) is 30.6 Å². The van der Waals surface area contributed by atoms with Crippen molar-refractivity contribution in [1.82, 2.24) is 25.2 Å². The number of amides is 1. The molecule has 0 bridgehead atoms. The third kappa shape index (κ3) is 5.25. The van der Waals surface area contributed by atoms with Crippen LogP contribution < -0.4 is 5.32 Å². The Morgan fingerprint density at radius 3 is 2.61 bits per heavy atom. The molecule has 0 saturated carbocycles. The van der Waals surface area contributed by atoms with E-state index in [1.807, 2.05) is 48.7 Å². The number of nitrogens with zero attached hydrogens (tertiary/aromatic N) is 4. The molecular formula is C24H25N5O2. The first-order chi connectivity index (χ1) is 15.1. The highest BCUT2D eigenvalue weighted by Gasteiger charge is 2.11. The molecule has 2 aromatic heterocycles. The van der Waals surface area contributed by atoms with Crippen LogP contribution >= 0.6 is 0 Å². The molecule has 0 atom stereocenters. The molecule has 0 aliphatic heterocycles. The quantitative estimate of drug-likeness (QED) is 0.464. The smallest absolute Gasteiger partial charge is 0.227 e. The molecule has 2 heterocycles. The summed E-state index contributed by atoms with van der Waals surface area (Å²) in [5.41, 5.74) is 4.07. The lowest BCUT2D eigenvalue weighted by molar-refractivity contribution is -0.121. The van der Waals surface area contributed by atoms with Crippen LogP contribution in [0.15, 0.2) is 71.5 Å². The van der Waals surface area contributed by atoms with Gasteiger partial charge in [-0.2, -0.15) is 10.1 Å². The first-order valence-electron chi connectivity index (χ1n) is 10.4. The number of carbonyl (C=O) groups is 1. The van der Waals surface area contributed by atoms with E-state index in [2.05, 4.69) is 46.5 Å². The Balaban J connectivity index is 1.26. The molecule has 2 aromatic carbocycles. The fourth-order valence-corrected chi connectivity index (χ4v) is 3.17. The average Bonchev–Trinajstić information content (AvgIpc) is 3.47. The van der Waals surface area contributed by atoms with Crippen LogP contribution in [-0.2, 0) is 17.8 Å². The molecule has 0 aliphatic rings. The summed E-state index contributed by atoms with van der Waals surface area (Å²) in [4.78, 5) is 16.6. The van der Waals surface area contributed by atoms with E-state index < -0.39 is 0 Å². The Bertz CT molecular complexity index is 1130. The van der Waals surface area contributed by atoms with Gasteiger partial charge in [-0.1, -0.05) is 61.5 Å². The van der Waals surface area contributed by atoms with E-state index in [0.717, 1.165) is 16.8 Å². The van der Waals surface area contributed by atoms with Crippen LogP contribution in [0.2, 0.25) is 0 Å². The number of rotatable bonds is 8. The lowest BCUT2D eigenvalue weighted by Crippen LogP contribution is -2.22. The molecule has 4 rings (SSSR count). The summed E-state index contributed by atoms with van der Waals surface area (Å²) in [6.07, 6.45) is 4.33. The highest BCUT2D eigenvalue weighted by Crippen LogP contribution is 2.20. The summed E-state index contributed by atoms with van der Waals surface area (Å²) in [5.74, 6) is 1.39. The summed E-state index contributed by atoms with van der Waals surface area (Å²) in [5, 5.41) is 11.3. The molecule has 31 heavy (non-hydrogen) atoms. The third-order valence-electron chi connectivity index (χ3n) is 5.02. The van der Waals surface area contributed by atoms with Gasteiger partial charge in [0.2, 0.25) is 17.6 Å². The Morgan fingerprint density at radius 1 is 1.10 bits per heavy atom. The van der Waals surface area contributed by atoms with Crippen molar-refractivity contribution in [2.24, 2.45) is 0 Å². The molecule has 158 valence electrons. The minimum Gasteiger partial charge on any atom is -0.352 e. The van der Waals surface area contributed by atoms with Gasteiger partial charge in [0.15, 0.2) is 0 Å². The van der Waals surface area contributed by atoms with Crippen LogP contribution in [0.25, 0.3) is 17.1 Å². The molecule has 7 heteroatoms. The second-order valence-electron chi connectivity index (χ2n) is 7.69. The molecule has 7 nitrogen and oxygen atoms in total. The second-order valence-corrected chi connectivity index (χ2v) is 7.69. The SMILES string of the molecule is CC(C)c1ccc(-c2noc(CCC(=O)NCc3cnn(-c4ccccc4)c3)n2)cc1. The van der Waals surface area contributed by atoms with Crippen LogP contribution in [0.1, 0.15) is 43.2 Å². The van der Waals surface area contributed by atoms with Crippen molar-refractivity contribution in [3.05, 3.63) is 84.0 Å². The first-order valence-corrected chi connectivity index (χ1v) is 10.4. The third-order valence-corrected chi connectivity index (χ3v) is 5.02. The minimum atomic E-state index is -0.0755. The van der Waals surface area contributed by atoms with E-state index >= 15 is 0 Å². The van der Waals surface area contributed by atoms with Gasteiger partial charge in [0.1, 0.15) is 0 Å². The predicted octanol–water partition coefficient (Wildman–Crippen LogP) is 4.29. The lowest BCUT2D eigenvalue weighted by Gasteiger charge is -2.04. The Labute approximate surface area is 181 Å². The minimum absolute atomic E-state index is 0.0755. The number of nitrogens with one attached hydrogen (secondary N) is 1. The maximum Gasteiger partial charge on any atom is 0.227 e. The van der Waals surface area contributed by atoms with Gasteiger partial charge >= 0.3 is 0 Å².